The zero-order valence-corrected chi connectivity index (χ0v) is 11.9. The molecule has 1 heterocycles. The van der Waals surface area contributed by atoms with Crippen molar-refractivity contribution < 1.29 is 22.8 Å². The van der Waals surface area contributed by atoms with Crippen molar-refractivity contribution in [3.63, 3.8) is 0 Å². The largest absolute Gasteiger partial charge is 0.445 e. The molecule has 0 saturated heterocycles. The highest BCUT2D eigenvalue weighted by molar-refractivity contribution is 7.13. The van der Waals surface area contributed by atoms with Gasteiger partial charge in [0.2, 0.25) is 15.9 Å². The second kappa shape index (κ2) is 6.10. The molecule has 0 bridgehead atoms. The summed E-state index contributed by atoms with van der Waals surface area (Å²) >= 11 is 0.162. The molecule has 1 aromatic heterocycles. The zero-order valence-electron chi connectivity index (χ0n) is 11.1. The lowest BCUT2D eigenvalue weighted by Crippen LogP contribution is -2.11. The van der Waals surface area contributed by atoms with E-state index in [0.29, 0.717) is 11.4 Å². The van der Waals surface area contributed by atoms with Crippen molar-refractivity contribution >= 4 is 34.5 Å². The molecule has 10 heteroatoms. The average Bonchev–Trinajstić information content (AvgIpc) is 2.90. The number of benzene rings is 1. The van der Waals surface area contributed by atoms with Gasteiger partial charge < -0.3 is 10.6 Å². The van der Waals surface area contributed by atoms with E-state index in [1.54, 1.807) is 0 Å². The Morgan fingerprint density at radius 1 is 1.05 bits per heavy atom. The third kappa shape index (κ3) is 4.01. The molecule has 0 saturated carbocycles. The van der Waals surface area contributed by atoms with Crippen molar-refractivity contribution in [2.24, 2.45) is 0 Å². The number of carbonyl (C=O) groups excluding carboxylic acids is 2. The summed E-state index contributed by atoms with van der Waals surface area (Å²) in [5, 5.41) is 9.51. The molecule has 0 aliphatic rings. The molecular weight excluding hydrogens is 321 g/mol. The second-order valence-corrected chi connectivity index (χ2v) is 5.10. The Bertz CT molecular complexity index is 697. The van der Waals surface area contributed by atoms with E-state index in [1.165, 1.54) is 31.2 Å². The SMILES string of the molecule is CC(=O)Nc1ccc(NC(=O)c2nnc(C(F)(F)F)s2)cc1. The van der Waals surface area contributed by atoms with Crippen LogP contribution in [0.25, 0.3) is 0 Å². The summed E-state index contributed by atoms with van der Waals surface area (Å²) < 4.78 is 37.1. The van der Waals surface area contributed by atoms with Crippen LogP contribution in [0.15, 0.2) is 24.3 Å². The summed E-state index contributed by atoms with van der Waals surface area (Å²) in [6, 6.07) is 6.07. The highest BCUT2D eigenvalue weighted by atomic mass is 32.1. The van der Waals surface area contributed by atoms with Crippen LogP contribution < -0.4 is 10.6 Å². The molecular formula is C12H9F3N4O2S. The molecule has 0 aliphatic heterocycles. The Morgan fingerprint density at radius 3 is 2.05 bits per heavy atom. The van der Waals surface area contributed by atoms with Crippen LogP contribution in [0.5, 0.6) is 0 Å². The minimum absolute atomic E-state index is 0.162. The molecule has 116 valence electrons. The summed E-state index contributed by atoms with van der Waals surface area (Å²) in [6.07, 6.45) is -4.63. The van der Waals surface area contributed by atoms with E-state index in [1.807, 2.05) is 0 Å². The molecule has 22 heavy (non-hydrogen) atoms. The minimum Gasteiger partial charge on any atom is -0.326 e. The minimum atomic E-state index is -4.63. The summed E-state index contributed by atoms with van der Waals surface area (Å²) in [5.41, 5.74) is 0.878. The zero-order chi connectivity index (χ0) is 16.3. The number of hydrogen-bond acceptors (Lipinski definition) is 5. The summed E-state index contributed by atoms with van der Waals surface area (Å²) in [6.45, 7) is 1.35. The van der Waals surface area contributed by atoms with Gasteiger partial charge >= 0.3 is 6.18 Å². The Kier molecular flexibility index (Phi) is 4.40. The smallest absolute Gasteiger partial charge is 0.326 e. The van der Waals surface area contributed by atoms with Gasteiger partial charge in [-0.3, -0.25) is 9.59 Å². The van der Waals surface area contributed by atoms with Crippen molar-refractivity contribution in [2.75, 3.05) is 10.6 Å². The van der Waals surface area contributed by atoms with E-state index in [2.05, 4.69) is 20.8 Å². The fourth-order valence-electron chi connectivity index (χ4n) is 1.45. The average molecular weight is 330 g/mol. The number of hydrogen-bond donors (Lipinski definition) is 2. The van der Waals surface area contributed by atoms with Crippen molar-refractivity contribution in [1.82, 2.24) is 10.2 Å². The molecule has 0 aliphatic carbocycles. The maximum atomic E-state index is 12.4. The van der Waals surface area contributed by atoms with E-state index in [-0.39, 0.29) is 17.2 Å². The quantitative estimate of drug-likeness (QED) is 0.906. The van der Waals surface area contributed by atoms with Crippen LogP contribution in [0, 0.1) is 0 Å². The molecule has 2 amide bonds. The topological polar surface area (TPSA) is 84.0 Å². The lowest BCUT2D eigenvalue weighted by Gasteiger charge is -2.05. The molecule has 0 unspecified atom stereocenters. The van der Waals surface area contributed by atoms with E-state index in [0.717, 1.165) is 0 Å². The highest BCUT2D eigenvalue weighted by Gasteiger charge is 2.36. The molecule has 0 atom stereocenters. The van der Waals surface area contributed by atoms with Crippen molar-refractivity contribution in [3.05, 3.63) is 34.3 Å². The number of nitrogens with zero attached hydrogens (tertiary/aromatic N) is 2. The summed E-state index contributed by atoms with van der Waals surface area (Å²) in [5.74, 6) is -1.04. The van der Waals surface area contributed by atoms with Gasteiger partial charge in [0.1, 0.15) is 0 Å². The predicted octanol–water partition coefficient (Wildman–Crippen LogP) is 2.77. The van der Waals surface area contributed by atoms with Gasteiger partial charge in [-0.25, -0.2) is 0 Å². The van der Waals surface area contributed by atoms with Crippen LogP contribution in [0.3, 0.4) is 0 Å². The number of aromatic nitrogens is 2. The van der Waals surface area contributed by atoms with Gasteiger partial charge in [-0.2, -0.15) is 13.2 Å². The Balaban J connectivity index is 2.05. The number of halogens is 3. The maximum Gasteiger partial charge on any atom is 0.445 e. The van der Waals surface area contributed by atoms with Crippen LogP contribution in [0.2, 0.25) is 0 Å². The van der Waals surface area contributed by atoms with Crippen LogP contribution in [-0.2, 0) is 11.0 Å². The first-order valence-corrected chi connectivity index (χ1v) is 6.67. The molecule has 1 aromatic carbocycles. The van der Waals surface area contributed by atoms with Gasteiger partial charge in [-0.1, -0.05) is 11.3 Å². The number of nitrogens with one attached hydrogen (secondary N) is 2. The van der Waals surface area contributed by atoms with Gasteiger partial charge in [0.05, 0.1) is 0 Å². The fourth-order valence-corrected chi connectivity index (χ4v) is 2.06. The molecule has 0 spiro atoms. The number of amides is 2. The van der Waals surface area contributed by atoms with Crippen LogP contribution in [0.1, 0.15) is 21.7 Å². The van der Waals surface area contributed by atoms with Crippen molar-refractivity contribution in [3.8, 4) is 0 Å². The first kappa shape index (κ1) is 15.9. The summed E-state index contributed by atoms with van der Waals surface area (Å²) in [4.78, 5) is 22.6. The maximum absolute atomic E-state index is 12.4. The van der Waals surface area contributed by atoms with Gasteiger partial charge in [0.25, 0.3) is 5.91 Å². The lowest BCUT2D eigenvalue weighted by atomic mass is 10.2. The molecule has 0 fully saturated rings. The van der Waals surface area contributed by atoms with E-state index < -0.39 is 22.1 Å². The van der Waals surface area contributed by atoms with Crippen LogP contribution >= 0.6 is 11.3 Å². The molecule has 0 radical (unpaired) electrons. The molecule has 2 aromatic rings. The van der Waals surface area contributed by atoms with Gasteiger partial charge in [0.15, 0.2) is 0 Å². The number of carbonyl (C=O) groups is 2. The van der Waals surface area contributed by atoms with E-state index in [4.69, 9.17) is 0 Å². The Morgan fingerprint density at radius 2 is 1.59 bits per heavy atom. The first-order valence-electron chi connectivity index (χ1n) is 5.85. The number of rotatable bonds is 3. The normalized spacial score (nSPS) is 11.1. The van der Waals surface area contributed by atoms with Crippen molar-refractivity contribution in [2.45, 2.75) is 13.1 Å². The highest BCUT2D eigenvalue weighted by Crippen LogP contribution is 2.31. The third-order valence-electron chi connectivity index (χ3n) is 2.32. The number of anilines is 2. The van der Waals surface area contributed by atoms with Gasteiger partial charge in [-0.05, 0) is 24.3 Å². The third-order valence-corrected chi connectivity index (χ3v) is 3.29. The van der Waals surface area contributed by atoms with Gasteiger partial charge in [-0.15, -0.1) is 10.2 Å². The van der Waals surface area contributed by atoms with E-state index >= 15 is 0 Å². The fraction of sp³-hybridized carbons (Fsp3) is 0.167. The lowest BCUT2D eigenvalue weighted by molar-refractivity contribution is -0.138. The van der Waals surface area contributed by atoms with Gasteiger partial charge in [0, 0.05) is 18.3 Å². The Hall–Kier alpha value is -2.49. The Labute approximate surface area is 126 Å². The van der Waals surface area contributed by atoms with Crippen LogP contribution in [-0.4, -0.2) is 22.0 Å². The molecule has 6 nitrogen and oxygen atoms in total. The van der Waals surface area contributed by atoms with E-state index in [9.17, 15) is 22.8 Å². The first-order chi connectivity index (χ1) is 10.3. The number of alkyl halides is 3. The predicted molar refractivity (Wildman–Crippen MR) is 73.6 cm³/mol. The second-order valence-electron chi connectivity index (χ2n) is 4.12. The molecule has 2 rings (SSSR count). The monoisotopic (exact) mass is 330 g/mol. The van der Waals surface area contributed by atoms with Crippen molar-refractivity contribution in [1.29, 1.82) is 0 Å². The summed E-state index contributed by atoms with van der Waals surface area (Å²) in [7, 11) is 0. The van der Waals surface area contributed by atoms with Crippen LogP contribution in [0.4, 0.5) is 24.5 Å². The standard InChI is InChI=1S/C12H9F3N4O2S/c1-6(20)16-7-2-4-8(5-3-7)17-9(21)10-18-19-11(22-10)12(13,14)15/h2-5H,1H3,(H,16,20)(H,17,21). The molecule has 2 N–H and O–H groups in total.